The van der Waals surface area contributed by atoms with Gasteiger partial charge in [-0.25, -0.2) is 14.4 Å². The lowest BCUT2D eigenvalue weighted by atomic mass is 10.1. The standard InChI is InChI=1S/C14H17FN4/c1-10(12-5-3-4-6-13(12)15)19(2)14-17-8-7-11(9-16)18-14/h3-8,10H,9,16H2,1-2H3. The van der Waals surface area contributed by atoms with E-state index in [-0.39, 0.29) is 11.9 Å². The number of nitrogens with zero attached hydrogens (tertiary/aromatic N) is 3. The van der Waals surface area contributed by atoms with E-state index in [1.165, 1.54) is 6.07 Å². The Balaban J connectivity index is 2.28. The molecule has 0 amide bonds. The summed E-state index contributed by atoms with van der Waals surface area (Å²) >= 11 is 0. The predicted molar refractivity (Wildman–Crippen MR) is 73.1 cm³/mol. The number of aromatic nitrogens is 2. The number of anilines is 1. The highest BCUT2D eigenvalue weighted by molar-refractivity contribution is 5.35. The third kappa shape index (κ3) is 2.88. The normalized spacial score (nSPS) is 12.2. The maximum atomic E-state index is 13.8. The minimum absolute atomic E-state index is 0.158. The van der Waals surface area contributed by atoms with Crippen LogP contribution in [0, 0.1) is 5.82 Å². The van der Waals surface area contributed by atoms with Gasteiger partial charge in [0.1, 0.15) is 5.82 Å². The molecule has 19 heavy (non-hydrogen) atoms. The average molecular weight is 260 g/mol. The zero-order chi connectivity index (χ0) is 13.8. The highest BCUT2D eigenvalue weighted by atomic mass is 19.1. The van der Waals surface area contributed by atoms with Gasteiger partial charge in [-0.1, -0.05) is 18.2 Å². The van der Waals surface area contributed by atoms with Gasteiger partial charge in [0.25, 0.3) is 0 Å². The van der Waals surface area contributed by atoms with Crippen LogP contribution in [-0.4, -0.2) is 17.0 Å². The molecule has 2 rings (SSSR count). The van der Waals surface area contributed by atoms with Gasteiger partial charge in [0, 0.05) is 25.4 Å². The van der Waals surface area contributed by atoms with Gasteiger partial charge in [0.05, 0.1) is 11.7 Å². The third-order valence-electron chi connectivity index (χ3n) is 3.16. The molecule has 1 aromatic carbocycles. The smallest absolute Gasteiger partial charge is 0.225 e. The summed E-state index contributed by atoms with van der Waals surface area (Å²) in [5.41, 5.74) is 6.94. The first-order valence-corrected chi connectivity index (χ1v) is 6.12. The van der Waals surface area contributed by atoms with Crippen molar-refractivity contribution in [2.45, 2.75) is 19.5 Å². The Hall–Kier alpha value is -2.01. The van der Waals surface area contributed by atoms with Gasteiger partial charge in [-0.3, -0.25) is 0 Å². The molecule has 2 N–H and O–H groups in total. The van der Waals surface area contributed by atoms with Gasteiger partial charge < -0.3 is 10.6 Å². The van der Waals surface area contributed by atoms with E-state index in [9.17, 15) is 4.39 Å². The summed E-state index contributed by atoms with van der Waals surface area (Å²) in [5.74, 6) is 0.315. The Morgan fingerprint density at radius 1 is 1.32 bits per heavy atom. The number of hydrogen-bond donors (Lipinski definition) is 1. The minimum atomic E-state index is -0.225. The van der Waals surface area contributed by atoms with Crippen LogP contribution in [0.1, 0.15) is 24.2 Å². The molecule has 0 aliphatic heterocycles. The first kappa shape index (κ1) is 13.4. The Labute approximate surface area is 112 Å². The molecule has 0 saturated carbocycles. The minimum Gasteiger partial charge on any atom is -0.337 e. The number of halogens is 1. The second kappa shape index (κ2) is 5.75. The Morgan fingerprint density at radius 2 is 2.05 bits per heavy atom. The average Bonchev–Trinajstić information content (AvgIpc) is 2.46. The maximum absolute atomic E-state index is 13.8. The van der Waals surface area contributed by atoms with Crippen LogP contribution in [-0.2, 0) is 6.54 Å². The van der Waals surface area contributed by atoms with Crippen molar-refractivity contribution in [2.24, 2.45) is 5.73 Å². The van der Waals surface area contributed by atoms with Crippen molar-refractivity contribution in [3.63, 3.8) is 0 Å². The number of hydrogen-bond acceptors (Lipinski definition) is 4. The number of rotatable bonds is 4. The molecule has 0 aliphatic rings. The monoisotopic (exact) mass is 260 g/mol. The van der Waals surface area contributed by atoms with Crippen LogP contribution in [0.15, 0.2) is 36.5 Å². The van der Waals surface area contributed by atoms with Crippen molar-refractivity contribution in [1.29, 1.82) is 0 Å². The molecule has 1 heterocycles. The summed E-state index contributed by atoms with van der Waals surface area (Å²) in [6.45, 7) is 2.27. The second-order valence-corrected chi connectivity index (χ2v) is 4.36. The van der Waals surface area contributed by atoms with Crippen LogP contribution >= 0.6 is 0 Å². The molecule has 1 unspecified atom stereocenters. The molecule has 0 radical (unpaired) electrons. The molecule has 0 bridgehead atoms. The Kier molecular flexibility index (Phi) is 4.06. The molecule has 2 aromatic rings. The van der Waals surface area contributed by atoms with Crippen LogP contribution < -0.4 is 10.6 Å². The molecule has 0 fully saturated rings. The molecule has 5 heteroatoms. The van der Waals surface area contributed by atoms with Crippen molar-refractivity contribution in [1.82, 2.24) is 9.97 Å². The molecule has 1 aromatic heterocycles. The van der Waals surface area contributed by atoms with Gasteiger partial charge in [0.15, 0.2) is 0 Å². The van der Waals surface area contributed by atoms with Crippen LogP contribution in [0.3, 0.4) is 0 Å². The predicted octanol–water partition coefficient (Wildman–Crippen LogP) is 2.27. The van der Waals surface area contributed by atoms with Crippen molar-refractivity contribution < 1.29 is 4.39 Å². The lowest BCUT2D eigenvalue weighted by Crippen LogP contribution is -2.25. The largest absolute Gasteiger partial charge is 0.337 e. The van der Waals surface area contributed by atoms with E-state index in [0.29, 0.717) is 18.1 Å². The summed E-state index contributed by atoms with van der Waals surface area (Å²) < 4.78 is 13.8. The number of benzene rings is 1. The molecular weight excluding hydrogens is 243 g/mol. The van der Waals surface area contributed by atoms with Crippen molar-refractivity contribution >= 4 is 5.95 Å². The van der Waals surface area contributed by atoms with Crippen molar-refractivity contribution in [3.8, 4) is 0 Å². The highest BCUT2D eigenvalue weighted by Gasteiger charge is 2.17. The number of nitrogens with two attached hydrogens (primary N) is 1. The first-order valence-electron chi connectivity index (χ1n) is 6.12. The fraction of sp³-hybridized carbons (Fsp3) is 0.286. The molecule has 0 spiro atoms. The van der Waals surface area contributed by atoms with Gasteiger partial charge in [-0.05, 0) is 19.1 Å². The van der Waals surface area contributed by atoms with E-state index < -0.39 is 0 Å². The van der Waals surface area contributed by atoms with E-state index in [2.05, 4.69) is 9.97 Å². The second-order valence-electron chi connectivity index (χ2n) is 4.36. The summed E-state index contributed by atoms with van der Waals surface area (Å²) in [5, 5.41) is 0. The fourth-order valence-electron chi connectivity index (χ4n) is 1.86. The van der Waals surface area contributed by atoms with Crippen LogP contribution in [0.5, 0.6) is 0 Å². The highest BCUT2D eigenvalue weighted by Crippen LogP contribution is 2.24. The maximum Gasteiger partial charge on any atom is 0.225 e. The van der Waals surface area contributed by atoms with E-state index in [4.69, 9.17) is 5.73 Å². The van der Waals surface area contributed by atoms with E-state index in [1.54, 1.807) is 24.4 Å². The molecular formula is C14H17FN4. The molecule has 0 saturated heterocycles. The molecule has 0 aliphatic carbocycles. The van der Waals surface area contributed by atoms with E-state index in [1.807, 2.05) is 24.9 Å². The van der Waals surface area contributed by atoms with E-state index >= 15 is 0 Å². The van der Waals surface area contributed by atoms with Crippen molar-refractivity contribution in [2.75, 3.05) is 11.9 Å². The van der Waals surface area contributed by atoms with Gasteiger partial charge in [-0.15, -0.1) is 0 Å². The quantitative estimate of drug-likeness (QED) is 0.916. The first-order chi connectivity index (χ1) is 9.13. The SMILES string of the molecule is CC(c1ccccc1F)N(C)c1nccc(CN)n1. The van der Waals surface area contributed by atoms with Crippen LogP contribution in [0.4, 0.5) is 10.3 Å². The van der Waals surface area contributed by atoms with Crippen molar-refractivity contribution in [3.05, 3.63) is 53.6 Å². The van der Waals surface area contributed by atoms with Crippen LogP contribution in [0.2, 0.25) is 0 Å². The summed E-state index contributed by atoms with van der Waals surface area (Å²) in [7, 11) is 1.84. The van der Waals surface area contributed by atoms with Crippen LogP contribution in [0.25, 0.3) is 0 Å². The lowest BCUT2D eigenvalue weighted by molar-refractivity contribution is 0.582. The zero-order valence-electron chi connectivity index (χ0n) is 11.0. The van der Waals surface area contributed by atoms with E-state index in [0.717, 1.165) is 5.69 Å². The lowest BCUT2D eigenvalue weighted by Gasteiger charge is -2.25. The third-order valence-corrected chi connectivity index (χ3v) is 3.16. The van der Waals surface area contributed by atoms with Gasteiger partial charge in [0.2, 0.25) is 5.95 Å². The summed E-state index contributed by atoms with van der Waals surface area (Å²) in [4.78, 5) is 10.4. The molecule has 100 valence electrons. The fourth-order valence-corrected chi connectivity index (χ4v) is 1.86. The Bertz CT molecular complexity index is 559. The summed E-state index contributed by atoms with van der Waals surface area (Å²) in [6, 6.07) is 8.33. The topological polar surface area (TPSA) is 55.0 Å². The molecule has 4 nitrogen and oxygen atoms in total. The van der Waals surface area contributed by atoms with Gasteiger partial charge >= 0.3 is 0 Å². The molecule has 1 atom stereocenters. The Morgan fingerprint density at radius 3 is 2.74 bits per heavy atom. The van der Waals surface area contributed by atoms with Gasteiger partial charge in [-0.2, -0.15) is 0 Å². The zero-order valence-corrected chi connectivity index (χ0v) is 11.0. The summed E-state index contributed by atoms with van der Waals surface area (Å²) in [6.07, 6.45) is 1.66.